The van der Waals surface area contributed by atoms with Crippen LogP contribution in [0.4, 0.5) is 0 Å². The molecule has 0 aromatic heterocycles. The van der Waals surface area contributed by atoms with Gasteiger partial charge in [0.25, 0.3) is 0 Å². The van der Waals surface area contributed by atoms with Crippen LogP contribution >= 0.6 is 0 Å². The lowest BCUT2D eigenvalue weighted by Gasteiger charge is -2.43. The van der Waals surface area contributed by atoms with Crippen molar-refractivity contribution in [2.75, 3.05) is 6.61 Å². The van der Waals surface area contributed by atoms with Crippen LogP contribution in [0, 0.1) is 11.8 Å². The largest absolute Gasteiger partial charge is 0.508 e. The third-order valence-electron chi connectivity index (χ3n) is 6.46. The van der Waals surface area contributed by atoms with Gasteiger partial charge in [0.2, 0.25) is 6.29 Å². The lowest BCUT2D eigenvalue weighted by Crippen LogP contribution is -2.60. The van der Waals surface area contributed by atoms with Crippen LogP contribution in [0.5, 0.6) is 5.75 Å². The molecule has 1 aromatic rings. The third kappa shape index (κ3) is 4.58. The molecule has 1 saturated carbocycles. The number of aliphatic hydroxyl groups is 5. The van der Waals surface area contributed by atoms with Crippen LogP contribution in [0.15, 0.2) is 36.6 Å². The Kier molecular flexibility index (Phi) is 6.65. The molecule has 33 heavy (non-hydrogen) atoms. The fourth-order valence-electron chi connectivity index (χ4n) is 4.69. The van der Waals surface area contributed by atoms with Gasteiger partial charge in [-0.1, -0.05) is 0 Å². The van der Waals surface area contributed by atoms with Gasteiger partial charge in [-0.15, -0.1) is 0 Å². The number of hydrogen-bond acceptors (Lipinski definition) is 11. The normalized spacial score (nSPS) is 42.4. The predicted molar refractivity (Wildman–Crippen MR) is 108 cm³/mol. The first-order chi connectivity index (χ1) is 15.6. The van der Waals surface area contributed by atoms with Crippen LogP contribution in [-0.4, -0.2) is 91.9 Å². The van der Waals surface area contributed by atoms with Gasteiger partial charge in [0, 0.05) is 12.3 Å². The maximum absolute atomic E-state index is 12.6. The highest BCUT2D eigenvalue weighted by molar-refractivity contribution is 5.89. The van der Waals surface area contributed by atoms with Crippen molar-refractivity contribution >= 4 is 5.97 Å². The molecule has 0 radical (unpaired) electrons. The number of benzene rings is 1. The van der Waals surface area contributed by atoms with E-state index >= 15 is 0 Å². The number of aromatic hydroxyl groups is 1. The molecular formula is C22H28O11. The number of fused-ring (bicyclic) bond motifs is 1. The lowest BCUT2D eigenvalue weighted by atomic mass is 9.85. The summed E-state index contributed by atoms with van der Waals surface area (Å²) in [4.78, 5) is 12.6. The Labute approximate surface area is 189 Å². The molecule has 10 atom stereocenters. The van der Waals surface area contributed by atoms with E-state index in [0.29, 0.717) is 0 Å². The molecule has 3 aliphatic rings. The smallest absolute Gasteiger partial charge is 0.338 e. The molecule has 0 amide bonds. The molecule has 182 valence electrons. The Morgan fingerprint density at radius 3 is 2.48 bits per heavy atom. The van der Waals surface area contributed by atoms with E-state index in [9.17, 15) is 35.4 Å². The molecule has 0 spiro atoms. The minimum Gasteiger partial charge on any atom is -0.508 e. The second-order valence-electron chi connectivity index (χ2n) is 8.82. The SMILES string of the molecule is C[C@]1(O)C[C@@H](OC(=O)c2ccc(O)cc2)[C@@H]2C=CO[C@@H](O[C@@H]3OC(CO)[C@H](O)C(O)[C@@H]3O)[C@@H]21. The molecular weight excluding hydrogens is 440 g/mol. The van der Waals surface area contributed by atoms with Crippen LogP contribution in [0.25, 0.3) is 0 Å². The minimum absolute atomic E-state index is 0.0101. The number of esters is 1. The summed E-state index contributed by atoms with van der Waals surface area (Å²) in [5, 5.41) is 60.1. The second-order valence-corrected chi connectivity index (χ2v) is 8.82. The molecule has 1 aromatic carbocycles. The zero-order valence-corrected chi connectivity index (χ0v) is 17.8. The fraction of sp³-hybridized carbons (Fsp3) is 0.591. The predicted octanol–water partition coefficient (Wildman–Crippen LogP) is -1.01. The molecule has 2 fully saturated rings. The first-order valence-corrected chi connectivity index (χ1v) is 10.6. The van der Waals surface area contributed by atoms with Crippen molar-refractivity contribution < 1.29 is 54.4 Å². The van der Waals surface area contributed by atoms with Crippen molar-refractivity contribution in [2.24, 2.45) is 11.8 Å². The Hall–Kier alpha value is -2.25. The first kappa shape index (κ1) is 23.9. The van der Waals surface area contributed by atoms with Gasteiger partial charge in [0.1, 0.15) is 36.3 Å². The van der Waals surface area contributed by atoms with E-state index in [1.165, 1.54) is 30.5 Å². The van der Waals surface area contributed by atoms with Crippen LogP contribution < -0.4 is 0 Å². The standard InChI is InChI=1S/C22H28O11/c1-22(29)8-13(31-19(28)10-2-4-11(24)5-3-10)12-6-7-30-20(15(12)22)33-21-18(27)17(26)16(25)14(9-23)32-21/h2-7,12-18,20-21,23-27,29H,8-9H2,1H3/t12-,13+,14?,15+,16-,17?,18-,20-,21-,22-/m0/s1. The summed E-state index contributed by atoms with van der Waals surface area (Å²) in [5.41, 5.74) is -1.16. The highest BCUT2D eigenvalue weighted by atomic mass is 16.8. The van der Waals surface area contributed by atoms with E-state index in [-0.39, 0.29) is 17.7 Å². The zero-order chi connectivity index (χ0) is 23.9. The summed E-state index contributed by atoms with van der Waals surface area (Å²) in [7, 11) is 0. The van der Waals surface area contributed by atoms with Gasteiger partial charge in [-0.25, -0.2) is 4.79 Å². The van der Waals surface area contributed by atoms with Crippen molar-refractivity contribution in [2.45, 2.75) is 62.0 Å². The summed E-state index contributed by atoms with van der Waals surface area (Å²) in [6.45, 7) is 0.931. The van der Waals surface area contributed by atoms with Crippen molar-refractivity contribution in [1.82, 2.24) is 0 Å². The fourth-order valence-corrected chi connectivity index (χ4v) is 4.69. The van der Waals surface area contributed by atoms with Crippen LogP contribution in [0.3, 0.4) is 0 Å². The molecule has 11 nitrogen and oxygen atoms in total. The van der Waals surface area contributed by atoms with Gasteiger partial charge in [0.05, 0.1) is 30.0 Å². The van der Waals surface area contributed by atoms with Crippen molar-refractivity contribution in [3.63, 3.8) is 0 Å². The second kappa shape index (κ2) is 9.18. The maximum Gasteiger partial charge on any atom is 0.338 e. The van der Waals surface area contributed by atoms with Crippen molar-refractivity contribution in [3.05, 3.63) is 42.2 Å². The molecule has 2 unspecified atom stereocenters. The van der Waals surface area contributed by atoms with E-state index in [2.05, 4.69) is 0 Å². The number of carbonyl (C=O) groups excluding carboxylic acids is 1. The van der Waals surface area contributed by atoms with Gasteiger partial charge >= 0.3 is 5.97 Å². The van der Waals surface area contributed by atoms with Crippen LogP contribution in [0.1, 0.15) is 23.7 Å². The minimum atomic E-state index is -1.63. The average molecular weight is 468 g/mol. The van der Waals surface area contributed by atoms with Crippen molar-refractivity contribution in [1.29, 1.82) is 0 Å². The molecule has 4 rings (SSSR count). The number of aliphatic hydroxyl groups excluding tert-OH is 4. The van der Waals surface area contributed by atoms with Crippen molar-refractivity contribution in [3.8, 4) is 5.75 Å². The summed E-state index contributed by atoms with van der Waals surface area (Å²) in [6, 6.07) is 5.58. The molecule has 1 saturated heterocycles. The van der Waals surface area contributed by atoms with Gasteiger partial charge in [-0.05, 0) is 37.3 Å². The van der Waals surface area contributed by atoms with E-state index in [1.807, 2.05) is 0 Å². The molecule has 1 aliphatic carbocycles. The number of carbonyl (C=O) groups is 1. The Balaban J connectivity index is 1.49. The summed E-state index contributed by atoms with van der Waals surface area (Å²) in [6.07, 6.45) is -6.21. The number of hydrogen-bond donors (Lipinski definition) is 6. The van der Waals surface area contributed by atoms with E-state index in [4.69, 9.17) is 18.9 Å². The monoisotopic (exact) mass is 468 g/mol. The highest BCUT2D eigenvalue weighted by Gasteiger charge is 2.58. The Morgan fingerprint density at radius 2 is 1.82 bits per heavy atom. The molecule has 2 aliphatic heterocycles. The Bertz CT molecular complexity index is 868. The molecule has 2 heterocycles. The van der Waals surface area contributed by atoms with E-state index < -0.39 is 73.1 Å². The molecule has 11 heteroatoms. The molecule has 6 N–H and O–H groups in total. The number of ether oxygens (including phenoxy) is 4. The Morgan fingerprint density at radius 1 is 1.12 bits per heavy atom. The van der Waals surface area contributed by atoms with Gasteiger partial charge < -0.3 is 49.6 Å². The third-order valence-corrected chi connectivity index (χ3v) is 6.46. The number of phenols is 1. The van der Waals surface area contributed by atoms with Crippen LogP contribution in [-0.2, 0) is 18.9 Å². The highest BCUT2D eigenvalue weighted by Crippen LogP contribution is 2.48. The quantitative estimate of drug-likeness (QED) is 0.292. The van der Waals surface area contributed by atoms with E-state index in [0.717, 1.165) is 0 Å². The van der Waals surface area contributed by atoms with Gasteiger partial charge in [0.15, 0.2) is 6.29 Å². The topological polar surface area (TPSA) is 175 Å². The van der Waals surface area contributed by atoms with Gasteiger partial charge in [-0.2, -0.15) is 0 Å². The average Bonchev–Trinajstić information content (AvgIpc) is 3.05. The zero-order valence-electron chi connectivity index (χ0n) is 17.8. The summed E-state index contributed by atoms with van der Waals surface area (Å²) in [5.74, 6) is -1.84. The summed E-state index contributed by atoms with van der Waals surface area (Å²) >= 11 is 0. The van der Waals surface area contributed by atoms with E-state index in [1.54, 1.807) is 13.0 Å². The first-order valence-electron chi connectivity index (χ1n) is 10.6. The summed E-state index contributed by atoms with van der Waals surface area (Å²) < 4.78 is 22.3. The van der Waals surface area contributed by atoms with Gasteiger partial charge in [-0.3, -0.25) is 0 Å². The molecule has 0 bridgehead atoms. The maximum atomic E-state index is 12.6. The number of phenolic OH excluding ortho intramolecular Hbond substituents is 1. The van der Waals surface area contributed by atoms with Crippen LogP contribution in [0.2, 0.25) is 0 Å². The number of rotatable bonds is 5. The lowest BCUT2D eigenvalue weighted by molar-refractivity contribution is -0.346.